The van der Waals surface area contributed by atoms with Crippen LogP contribution < -0.4 is 0 Å². The van der Waals surface area contributed by atoms with Crippen LogP contribution in [-0.2, 0) is 0 Å². The molecule has 0 saturated heterocycles. The second kappa shape index (κ2) is 5.27. The highest BCUT2D eigenvalue weighted by atomic mass is 35.5. The van der Waals surface area contributed by atoms with Gasteiger partial charge in [0, 0.05) is 23.6 Å². The van der Waals surface area contributed by atoms with Crippen molar-refractivity contribution in [3.8, 4) is 16.9 Å². The van der Waals surface area contributed by atoms with Gasteiger partial charge in [0.1, 0.15) is 0 Å². The van der Waals surface area contributed by atoms with Gasteiger partial charge in [-0.15, -0.1) is 0 Å². The Morgan fingerprint density at radius 3 is 2.55 bits per heavy atom. The van der Waals surface area contributed by atoms with Crippen molar-refractivity contribution < 1.29 is 0 Å². The quantitative estimate of drug-likeness (QED) is 0.650. The highest BCUT2D eigenvalue weighted by molar-refractivity contribution is 6.33. The van der Waals surface area contributed by atoms with Gasteiger partial charge in [-0.05, 0) is 36.7 Å². The van der Waals surface area contributed by atoms with Gasteiger partial charge >= 0.3 is 0 Å². The maximum absolute atomic E-state index is 6.11. The average molecular weight is 304 g/mol. The summed E-state index contributed by atoms with van der Waals surface area (Å²) >= 11 is 11.9. The molecule has 0 aliphatic rings. The smallest absolute Gasteiger partial charge is 0.222 e. The molecule has 2 aromatic heterocycles. The van der Waals surface area contributed by atoms with Crippen molar-refractivity contribution in [2.75, 3.05) is 0 Å². The first-order valence-electron chi connectivity index (χ1n) is 6.07. The summed E-state index contributed by atoms with van der Waals surface area (Å²) in [5.41, 5.74) is 3.85. The molecule has 0 aliphatic carbocycles. The predicted molar refractivity (Wildman–Crippen MR) is 81.6 cm³/mol. The summed E-state index contributed by atoms with van der Waals surface area (Å²) in [6, 6.07) is 10.2. The van der Waals surface area contributed by atoms with Gasteiger partial charge in [0.2, 0.25) is 5.28 Å². The Hall–Kier alpha value is -1.84. The molecule has 2 heterocycles. The largest absolute Gasteiger partial charge is 0.323 e. The first-order chi connectivity index (χ1) is 9.63. The molecule has 0 unspecified atom stereocenters. The van der Waals surface area contributed by atoms with Crippen LogP contribution in [0.3, 0.4) is 0 Å². The highest BCUT2D eigenvalue weighted by Gasteiger charge is 2.09. The van der Waals surface area contributed by atoms with Gasteiger partial charge in [0.25, 0.3) is 0 Å². The zero-order chi connectivity index (χ0) is 14.1. The van der Waals surface area contributed by atoms with Crippen LogP contribution in [0.5, 0.6) is 0 Å². The molecule has 3 rings (SSSR count). The first-order valence-corrected chi connectivity index (χ1v) is 6.82. The molecule has 3 aromatic rings. The lowest BCUT2D eigenvalue weighted by Gasteiger charge is -2.03. The van der Waals surface area contributed by atoms with Crippen molar-refractivity contribution in [2.24, 2.45) is 0 Å². The Labute approximate surface area is 126 Å². The standard InChI is InChI=1S/C15H11Cl2N3/c1-10-2-4-12(5-3-10)20-7-6-11(9-20)14-13(16)8-18-15(17)19-14/h2-9H,1H3. The zero-order valence-corrected chi connectivity index (χ0v) is 12.2. The van der Waals surface area contributed by atoms with Crippen LogP contribution in [0, 0.1) is 6.92 Å². The summed E-state index contributed by atoms with van der Waals surface area (Å²) in [6.07, 6.45) is 5.44. The number of hydrogen-bond acceptors (Lipinski definition) is 2. The molecule has 0 fully saturated rings. The molecule has 20 heavy (non-hydrogen) atoms. The van der Waals surface area contributed by atoms with E-state index in [1.165, 1.54) is 11.8 Å². The van der Waals surface area contributed by atoms with E-state index in [2.05, 4.69) is 41.2 Å². The van der Waals surface area contributed by atoms with Gasteiger partial charge in [-0.2, -0.15) is 0 Å². The van der Waals surface area contributed by atoms with Crippen LogP contribution >= 0.6 is 23.2 Å². The maximum Gasteiger partial charge on any atom is 0.222 e. The number of rotatable bonds is 2. The van der Waals surface area contributed by atoms with Crippen LogP contribution in [0.15, 0.2) is 48.9 Å². The predicted octanol–water partition coefficient (Wildman–Crippen LogP) is 4.55. The van der Waals surface area contributed by atoms with Crippen LogP contribution in [0.25, 0.3) is 16.9 Å². The minimum Gasteiger partial charge on any atom is -0.323 e. The van der Waals surface area contributed by atoms with E-state index in [0.29, 0.717) is 10.7 Å². The molecule has 5 heteroatoms. The monoisotopic (exact) mass is 303 g/mol. The first kappa shape index (κ1) is 13.2. The van der Waals surface area contributed by atoms with Crippen molar-refractivity contribution in [1.29, 1.82) is 0 Å². The lowest BCUT2D eigenvalue weighted by molar-refractivity contribution is 1.08. The minimum absolute atomic E-state index is 0.187. The lowest BCUT2D eigenvalue weighted by atomic mass is 10.2. The van der Waals surface area contributed by atoms with Gasteiger partial charge in [0.15, 0.2) is 0 Å². The molecule has 0 aliphatic heterocycles. The zero-order valence-electron chi connectivity index (χ0n) is 10.7. The summed E-state index contributed by atoms with van der Waals surface area (Å²) in [7, 11) is 0. The molecule has 0 N–H and O–H groups in total. The second-order valence-electron chi connectivity index (χ2n) is 4.48. The van der Waals surface area contributed by atoms with Crippen LogP contribution in [-0.4, -0.2) is 14.5 Å². The number of halogens is 2. The van der Waals surface area contributed by atoms with E-state index >= 15 is 0 Å². The molecule has 0 bridgehead atoms. The Bertz CT molecular complexity index is 748. The fraction of sp³-hybridized carbons (Fsp3) is 0.0667. The number of hydrogen-bond donors (Lipinski definition) is 0. The van der Waals surface area contributed by atoms with Crippen molar-refractivity contribution in [2.45, 2.75) is 6.92 Å². The second-order valence-corrected chi connectivity index (χ2v) is 5.22. The molecular weight excluding hydrogens is 293 g/mol. The van der Waals surface area contributed by atoms with Gasteiger partial charge in [-0.25, -0.2) is 9.97 Å². The highest BCUT2D eigenvalue weighted by Crippen LogP contribution is 2.27. The fourth-order valence-electron chi connectivity index (χ4n) is 1.96. The van der Waals surface area contributed by atoms with E-state index in [-0.39, 0.29) is 5.28 Å². The van der Waals surface area contributed by atoms with Crippen LogP contribution in [0.2, 0.25) is 10.3 Å². The third-order valence-electron chi connectivity index (χ3n) is 3.01. The Balaban J connectivity index is 2.01. The SMILES string of the molecule is Cc1ccc(-n2ccc(-c3nc(Cl)ncc3Cl)c2)cc1. The van der Waals surface area contributed by atoms with E-state index < -0.39 is 0 Å². The van der Waals surface area contributed by atoms with E-state index in [0.717, 1.165) is 11.3 Å². The molecule has 0 spiro atoms. The van der Waals surface area contributed by atoms with E-state index in [1.54, 1.807) is 0 Å². The van der Waals surface area contributed by atoms with Gasteiger partial charge in [-0.3, -0.25) is 0 Å². The maximum atomic E-state index is 6.11. The topological polar surface area (TPSA) is 30.7 Å². The lowest BCUT2D eigenvalue weighted by Crippen LogP contribution is -1.90. The van der Waals surface area contributed by atoms with E-state index in [1.807, 2.05) is 23.0 Å². The van der Waals surface area contributed by atoms with E-state index in [9.17, 15) is 0 Å². The summed E-state index contributed by atoms with van der Waals surface area (Å²) in [5, 5.41) is 0.670. The van der Waals surface area contributed by atoms with E-state index in [4.69, 9.17) is 23.2 Å². The Morgan fingerprint density at radius 1 is 1.05 bits per heavy atom. The Morgan fingerprint density at radius 2 is 1.80 bits per heavy atom. The molecular formula is C15H11Cl2N3. The average Bonchev–Trinajstić information content (AvgIpc) is 2.92. The van der Waals surface area contributed by atoms with Crippen molar-refractivity contribution in [3.05, 3.63) is 64.8 Å². The number of aromatic nitrogens is 3. The van der Waals surface area contributed by atoms with Crippen molar-refractivity contribution in [3.63, 3.8) is 0 Å². The van der Waals surface area contributed by atoms with Crippen molar-refractivity contribution >= 4 is 23.2 Å². The Kier molecular flexibility index (Phi) is 3.47. The fourth-order valence-corrected chi connectivity index (χ4v) is 2.30. The number of benzene rings is 1. The third-order valence-corrected chi connectivity index (χ3v) is 3.47. The summed E-state index contributed by atoms with van der Waals surface area (Å²) in [5.74, 6) is 0. The normalized spacial score (nSPS) is 10.8. The molecule has 3 nitrogen and oxygen atoms in total. The van der Waals surface area contributed by atoms with Gasteiger partial charge in [-0.1, -0.05) is 29.3 Å². The number of aryl methyl sites for hydroxylation is 1. The van der Waals surface area contributed by atoms with Crippen LogP contribution in [0.4, 0.5) is 0 Å². The number of nitrogens with zero attached hydrogens (tertiary/aromatic N) is 3. The van der Waals surface area contributed by atoms with Gasteiger partial charge < -0.3 is 4.57 Å². The van der Waals surface area contributed by atoms with Gasteiger partial charge in [0.05, 0.1) is 16.9 Å². The third kappa shape index (κ3) is 2.55. The summed E-state index contributed by atoms with van der Waals surface area (Å²) in [4.78, 5) is 8.03. The van der Waals surface area contributed by atoms with Crippen LogP contribution in [0.1, 0.15) is 5.56 Å². The molecule has 0 amide bonds. The summed E-state index contributed by atoms with van der Waals surface area (Å²) in [6.45, 7) is 2.06. The molecule has 0 radical (unpaired) electrons. The summed E-state index contributed by atoms with van der Waals surface area (Å²) < 4.78 is 2.01. The molecule has 1 aromatic carbocycles. The molecule has 100 valence electrons. The molecule has 0 atom stereocenters. The van der Waals surface area contributed by atoms with Crippen molar-refractivity contribution in [1.82, 2.24) is 14.5 Å². The molecule has 0 saturated carbocycles. The minimum atomic E-state index is 0.187.